The number of amides is 3. The van der Waals surface area contributed by atoms with Crippen molar-refractivity contribution in [3.63, 3.8) is 0 Å². The van der Waals surface area contributed by atoms with E-state index in [1.54, 1.807) is 29.2 Å². The highest BCUT2D eigenvalue weighted by molar-refractivity contribution is 6.30. The van der Waals surface area contributed by atoms with Gasteiger partial charge in [0.25, 0.3) is 0 Å². The number of anilines is 1. The Kier molecular flexibility index (Phi) is 6.20. The van der Waals surface area contributed by atoms with Gasteiger partial charge >= 0.3 is 6.03 Å². The van der Waals surface area contributed by atoms with E-state index in [9.17, 15) is 9.59 Å². The van der Waals surface area contributed by atoms with Crippen LogP contribution in [0.5, 0.6) is 0 Å². The molecule has 3 amide bonds. The van der Waals surface area contributed by atoms with Gasteiger partial charge < -0.3 is 25.0 Å². The Morgan fingerprint density at radius 2 is 2.00 bits per heavy atom. The molecular formula is C15H20ClN3O4. The summed E-state index contributed by atoms with van der Waals surface area (Å²) >= 11 is 5.85. The van der Waals surface area contributed by atoms with Crippen LogP contribution in [0.3, 0.4) is 0 Å². The molecule has 0 spiro atoms. The fourth-order valence-electron chi connectivity index (χ4n) is 2.35. The average molecular weight is 342 g/mol. The first kappa shape index (κ1) is 17.5. The fraction of sp³-hybridized carbons (Fsp3) is 0.467. The molecule has 1 fully saturated rings. The molecule has 0 aliphatic carbocycles. The van der Waals surface area contributed by atoms with Crippen LogP contribution in [0.25, 0.3) is 0 Å². The number of nitrogens with one attached hydrogen (secondary N) is 2. The maximum absolute atomic E-state index is 12.1. The van der Waals surface area contributed by atoms with Crippen LogP contribution < -0.4 is 15.5 Å². The zero-order chi connectivity index (χ0) is 16.8. The van der Waals surface area contributed by atoms with Gasteiger partial charge in [-0.05, 0) is 24.3 Å². The molecule has 1 aromatic rings. The molecule has 8 heteroatoms. The zero-order valence-electron chi connectivity index (χ0n) is 13.0. The molecule has 1 atom stereocenters. The van der Waals surface area contributed by atoms with E-state index >= 15 is 0 Å². The van der Waals surface area contributed by atoms with Crippen molar-refractivity contribution >= 4 is 29.2 Å². The minimum absolute atomic E-state index is 0.0377. The molecule has 0 unspecified atom stereocenters. The highest BCUT2D eigenvalue weighted by Gasteiger charge is 2.31. The highest BCUT2D eigenvalue weighted by atomic mass is 35.5. The van der Waals surface area contributed by atoms with Crippen LogP contribution in [0.1, 0.15) is 6.42 Å². The molecule has 1 aliphatic heterocycles. The average Bonchev–Trinajstić information content (AvgIpc) is 2.89. The summed E-state index contributed by atoms with van der Waals surface area (Å²) in [4.78, 5) is 25.6. The molecule has 1 aliphatic rings. The largest absolute Gasteiger partial charge is 0.354 e. The summed E-state index contributed by atoms with van der Waals surface area (Å²) in [6, 6.07) is 6.41. The van der Waals surface area contributed by atoms with Crippen LogP contribution in [0.2, 0.25) is 5.02 Å². The molecule has 0 bridgehead atoms. The lowest BCUT2D eigenvalue weighted by atomic mass is 10.2. The van der Waals surface area contributed by atoms with E-state index in [0.717, 1.165) is 5.69 Å². The van der Waals surface area contributed by atoms with E-state index in [1.165, 1.54) is 14.2 Å². The van der Waals surface area contributed by atoms with Crippen molar-refractivity contribution in [2.45, 2.75) is 18.8 Å². The molecule has 2 N–H and O–H groups in total. The summed E-state index contributed by atoms with van der Waals surface area (Å²) in [6.45, 7) is 0.645. The Balaban J connectivity index is 1.85. The summed E-state index contributed by atoms with van der Waals surface area (Å²) in [7, 11) is 2.99. The minimum Gasteiger partial charge on any atom is -0.354 e. The summed E-state index contributed by atoms with van der Waals surface area (Å²) in [5.41, 5.74) is 0.767. The number of urea groups is 1. The number of nitrogens with zero attached hydrogens (tertiary/aromatic N) is 1. The number of methoxy groups -OCH3 is 2. The SMILES string of the molecule is COC(CNC(=O)N[C@@H]1CC(=O)N(c2ccc(Cl)cc2)C1)OC. The molecule has 1 heterocycles. The third-order valence-corrected chi connectivity index (χ3v) is 3.81. The topological polar surface area (TPSA) is 79.9 Å². The highest BCUT2D eigenvalue weighted by Crippen LogP contribution is 2.23. The lowest BCUT2D eigenvalue weighted by Crippen LogP contribution is -2.46. The van der Waals surface area contributed by atoms with Crippen LogP contribution in [-0.2, 0) is 14.3 Å². The van der Waals surface area contributed by atoms with Gasteiger partial charge in [-0.3, -0.25) is 4.79 Å². The van der Waals surface area contributed by atoms with Crippen molar-refractivity contribution in [2.75, 3.05) is 32.2 Å². The molecule has 126 valence electrons. The number of hydrogen-bond donors (Lipinski definition) is 2. The maximum atomic E-state index is 12.1. The lowest BCUT2D eigenvalue weighted by Gasteiger charge is -2.18. The van der Waals surface area contributed by atoms with Crippen LogP contribution >= 0.6 is 11.6 Å². The Hall–Kier alpha value is -1.83. The van der Waals surface area contributed by atoms with Gasteiger partial charge in [-0.2, -0.15) is 0 Å². The number of rotatable bonds is 6. The van der Waals surface area contributed by atoms with E-state index in [0.29, 0.717) is 11.6 Å². The summed E-state index contributed by atoms with van der Waals surface area (Å²) < 4.78 is 9.97. The van der Waals surface area contributed by atoms with Gasteiger partial charge in [0.15, 0.2) is 6.29 Å². The summed E-state index contributed by atoms with van der Waals surface area (Å²) in [5, 5.41) is 6.03. The van der Waals surface area contributed by atoms with Crippen molar-refractivity contribution in [1.82, 2.24) is 10.6 Å². The van der Waals surface area contributed by atoms with Gasteiger partial charge in [0.1, 0.15) is 0 Å². The van der Waals surface area contributed by atoms with Crippen LogP contribution in [0.15, 0.2) is 24.3 Å². The molecular weight excluding hydrogens is 322 g/mol. The molecule has 1 saturated heterocycles. The number of halogens is 1. The number of hydrogen-bond acceptors (Lipinski definition) is 4. The Labute approximate surface area is 139 Å². The summed E-state index contributed by atoms with van der Waals surface area (Å²) in [5.74, 6) is -0.0377. The third-order valence-electron chi connectivity index (χ3n) is 3.55. The molecule has 7 nitrogen and oxygen atoms in total. The standard InChI is InChI=1S/C15H20ClN3O4/c1-22-14(23-2)8-17-15(21)18-11-7-13(20)19(9-11)12-5-3-10(16)4-6-12/h3-6,11,14H,7-9H2,1-2H3,(H2,17,18,21)/t11-/m1/s1. The van der Waals surface area contributed by atoms with E-state index in [1.807, 2.05) is 0 Å². The molecule has 2 rings (SSSR count). The first-order chi connectivity index (χ1) is 11.0. The van der Waals surface area contributed by atoms with Crippen molar-refractivity contribution < 1.29 is 19.1 Å². The number of ether oxygens (including phenoxy) is 2. The quantitative estimate of drug-likeness (QED) is 0.766. The van der Waals surface area contributed by atoms with Crippen molar-refractivity contribution in [3.8, 4) is 0 Å². The number of carbonyl (C=O) groups is 2. The molecule has 0 aromatic heterocycles. The van der Waals surface area contributed by atoms with E-state index in [-0.39, 0.29) is 30.9 Å². The smallest absolute Gasteiger partial charge is 0.315 e. The number of carbonyl (C=O) groups excluding carboxylic acids is 2. The molecule has 23 heavy (non-hydrogen) atoms. The molecule has 0 radical (unpaired) electrons. The Morgan fingerprint density at radius 1 is 1.35 bits per heavy atom. The van der Waals surface area contributed by atoms with Gasteiger partial charge in [0.2, 0.25) is 5.91 Å². The predicted octanol–water partition coefficient (Wildman–Crippen LogP) is 1.36. The third kappa shape index (κ3) is 4.82. The van der Waals surface area contributed by atoms with Gasteiger partial charge in [-0.1, -0.05) is 11.6 Å². The number of benzene rings is 1. The van der Waals surface area contributed by atoms with Crippen molar-refractivity contribution in [3.05, 3.63) is 29.3 Å². The van der Waals surface area contributed by atoms with Gasteiger partial charge in [0, 0.05) is 37.9 Å². The minimum atomic E-state index is -0.503. The van der Waals surface area contributed by atoms with Crippen molar-refractivity contribution in [2.24, 2.45) is 0 Å². The van der Waals surface area contributed by atoms with E-state index in [4.69, 9.17) is 21.1 Å². The van der Waals surface area contributed by atoms with Gasteiger partial charge in [-0.25, -0.2) is 4.79 Å². The summed E-state index contributed by atoms with van der Waals surface area (Å²) in [6.07, 6.45) is -0.245. The molecule has 1 aromatic carbocycles. The normalized spacial score (nSPS) is 17.7. The van der Waals surface area contributed by atoms with Gasteiger partial charge in [0.05, 0.1) is 12.6 Å². The van der Waals surface area contributed by atoms with Crippen LogP contribution in [0, 0.1) is 0 Å². The second kappa shape index (κ2) is 8.14. The van der Waals surface area contributed by atoms with Crippen LogP contribution in [0.4, 0.5) is 10.5 Å². The second-order valence-corrected chi connectivity index (χ2v) is 5.57. The van der Waals surface area contributed by atoms with Crippen LogP contribution in [-0.4, -0.2) is 51.6 Å². The Morgan fingerprint density at radius 3 is 2.61 bits per heavy atom. The molecule has 0 saturated carbocycles. The first-order valence-electron chi connectivity index (χ1n) is 7.19. The lowest BCUT2D eigenvalue weighted by molar-refractivity contribution is -0.117. The zero-order valence-corrected chi connectivity index (χ0v) is 13.8. The maximum Gasteiger partial charge on any atom is 0.315 e. The monoisotopic (exact) mass is 341 g/mol. The second-order valence-electron chi connectivity index (χ2n) is 5.14. The Bertz CT molecular complexity index is 548. The predicted molar refractivity (Wildman–Crippen MR) is 86.6 cm³/mol. The van der Waals surface area contributed by atoms with Crippen molar-refractivity contribution in [1.29, 1.82) is 0 Å². The van der Waals surface area contributed by atoms with Gasteiger partial charge in [-0.15, -0.1) is 0 Å². The first-order valence-corrected chi connectivity index (χ1v) is 7.57. The van der Waals surface area contributed by atoms with E-state index in [2.05, 4.69) is 10.6 Å². The van der Waals surface area contributed by atoms with E-state index < -0.39 is 6.29 Å². The fourth-order valence-corrected chi connectivity index (χ4v) is 2.48.